The monoisotopic (exact) mass is 308 g/mol. The summed E-state index contributed by atoms with van der Waals surface area (Å²) in [5.41, 5.74) is 5.34. The van der Waals surface area contributed by atoms with Crippen LogP contribution >= 0.6 is 11.3 Å². The molecule has 1 heterocycles. The van der Waals surface area contributed by atoms with Crippen molar-refractivity contribution in [3.8, 4) is 10.4 Å². The Labute approximate surface area is 124 Å². The van der Waals surface area contributed by atoms with Crippen LogP contribution in [0.2, 0.25) is 0 Å². The highest BCUT2D eigenvalue weighted by Crippen LogP contribution is 2.28. The molecule has 0 aliphatic heterocycles. The number of hydrogen-bond acceptors (Lipinski definition) is 4. The molecular weight excluding hydrogens is 295 g/mol. The van der Waals surface area contributed by atoms with Crippen molar-refractivity contribution in [3.63, 3.8) is 0 Å². The van der Waals surface area contributed by atoms with Gasteiger partial charge in [0, 0.05) is 12.0 Å². The molecule has 2 rings (SSSR count). The van der Waals surface area contributed by atoms with Crippen LogP contribution in [-0.4, -0.2) is 25.5 Å². The van der Waals surface area contributed by atoms with Crippen LogP contribution < -0.4 is 10.9 Å². The van der Waals surface area contributed by atoms with Crippen LogP contribution in [0.1, 0.15) is 9.67 Å². The molecule has 0 spiro atoms. The first-order valence-electron chi connectivity index (χ1n) is 6.04. The lowest BCUT2D eigenvalue weighted by Gasteiger charge is -2.04. The molecule has 0 saturated heterocycles. The van der Waals surface area contributed by atoms with Gasteiger partial charge in [0.05, 0.1) is 4.88 Å². The van der Waals surface area contributed by atoms with Crippen LogP contribution in [0.3, 0.4) is 0 Å². The number of nitrogens with one attached hydrogen (secondary N) is 2. The molecule has 0 bridgehead atoms. The lowest BCUT2D eigenvalue weighted by atomic mass is 10.2. The minimum absolute atomic E-state index is 0.133. The lowest BCUT2D eigenvalue weighted by Crippen LogP contribution is -2.42. The smallest absolute Gasteiger partial charge is 0.279 e. The van der Waals surface area contributed by atoms with E-state index < -0.39 is 11.8 Å². The quantitative estimate of drug-likeness (QED) is 0.849. The molecule has 0 aliphatic carbocycles. The number of halogens is 1. The summed E-state index contributed by atoms with van der Waals surface area (Å²) >= 11 is 1.25. The average molecular weight is 308 g/mol. The van der Waals surface area contributed by atoms with Gasteiger partial charge in [-0.05, 0) is 29.8 Å². The predicted octanol–water partition coefficient (Wildman–Crippen LogP) is 1.96. The van der Waals surface area contributed by atoms with Gasteiger partial charge < -0.3 is 4.74 Å². The number of ether oxygens (including phenoxy) is 1. The topological polar surface area (TPSA) is 67.4 Å². The van der Waals surface area contributed by atoms with Gasteiger partial charge in [-0.25, -0.2) is 4.39 Å². The van der Waals surface area contributed by atoms with Gasteiger partial charge in [0.25, 0.3) is 11.8 Å². The zero-order chi connectivity index (χ0) is 15.2. The number of methoxy groups -OCH3 is 1. The molecule has 0 atom stereocenters. The first-order chi connectivity index (χ1) is 10.1. The van der Waals surface area contributed by atoms with Crippen LogP contribution in [0.4, 0.5) is 4.39 Å². The molecule has 110 valence electrons. The third-order valence-corrected chi connectivity index (χ3v) is 3.68. The minimum Gasteiger partial charge on any atom is -0.375 e. The van der Waals surface area contributed by atoms with Crippen molar-refractivity contribution < 1.29 is 18.7 Å². The Balaban J connectivity index is 2.00. The maximum Gasteiger partial charge on any atom is 0.279 e. The maximum absolute atomic E-state index is 12.9. The fourth-order valence-electron chi connectivity index (χ4n) is 1.58. The Kier molecular flexibility index (Phi) is 5.02. The van der Waals surface area contributed by atoms with Gasteiger partial charge in [0.1, 0.15) is 12.4 Å². The van der Waals surface area contributed by atoms with Gasteiger partial charge in [0.15, 0.2) is 0 Å². The number of carbonyl (C=O) groups is 2. The summed E-state index contributed by atoms with van der Waals surface area (Å²) in [6.07, 6.45) is 0. The summed E-state index contributed by atoms with van der Waals surface area (Å²) in [4.78, 5) is 24.3. The number of carbonyl (C=O) groups excluding carboxylic acids is 2. The standard InChI is InChI=1S/C14H13FN2O3S/c1-20-8-13(18)16-17-14(19)12-7-6-11(21-12)9-2-4-10(15)5-3-9/h2-7H,8H2,1H3,(H,16,18)(H,17,19). The average Bonchev–Trinajstić information content (AvgIpc) is 2.96. The normalized spacial score (nSPS) is 10.2. The first-order valence-corrected chi connectivity index (χ1v) is 6.85. The highest BCUT2D eigenvalue weighted by molar-refractivity contribution is 7.17. The van der Waals surface area contributed by atoms with E-state index in [9.17, 15) is 14.0 Å². The maximum atomic E-state index is 12.9. The molecule has 0 radical (unpaired) electrons. The molecule has 0 saturated carbocycles. The second-order valence-electron chi connectivity index (χ2n) is 4.11. The second kappa shape index (κ2) is 6.96. The van der Waals surface area contributed by atoms with Gasteiger partial charge in [-0.3, -0.25) is 20.4 Å². The summed E-state index contributed by atoms with van der Waals surface area (Å²) in [7, 11) is 1.38. The van der Waals surface area contributed by atoms with Crippen molar-refractivity contribution in [2.75, 3.05) is 13.7 Å². The van der Waals surface area contributed by atoms with Crippen molar-refractivity contribution in [1.82, 2.24) is 10.9 Å². The summed E-state index contributed by atoms with van der Waals surface area (Å²) in [6, 6.07) is 9.41. The van der Waals surface area contributed by atoms with Gasteiger partial charge in [-0.1, -0.05) is 12.1 Å². The van der Waals surface area contributed by atoms with E-state index >= 15 is 0 Å². The van der Waals surface area contributed by atoms with Gasteiger partial charge >= 0.3 is 0 Å². The number of hydrazine groups is 1. The molecule has 2 aromatic rings. The van der Waals surface area contributed by atoms with E-state index in [2.05, 4.69) is 15.6 Å². The summed E-state index contributed by atoms with van der Waals surface area (Å²) < 4.78 is 17.5. The number of amides is 2. The Morgan fingerprint density at radius 2 is 1.86 bits per heavy atom. The van der Waals surface area contributed by atoms with E-state index in [4.69, 9.17) is 0 Å². The van der Waals surface area contributed by atoms with E-state index in [-0.39, 0.29) is 12.4 Å². The van der Waals surface area contributed by atoms with E-state index in [1.807, 2.05) is 0 Å². The molecule has 1 aromatic carbocycles. The zero-order valence-electron chi connectivity index (χ0n) is 11.2. The van der Waals surface area contributed by atoms with Crippen LogP contribution in [0.15, 0.2) is 36.4 Å². The summed E-state index contributed by atoms with van der Waals surface area (Å²) in [6.45, 7) is -0.133. The molecular formula is C14H13FN2O3S. The number of thiophene rings is 1. The molecule has 2 N–H and O–H groups in total. The molecule has 21 heavy (non-hydrogen) atoms. The molecule has 5 nitrogen and oxygen atoms in total. The molecule has 0 fully saturated rings. The first kappa shape index (κ1) is 15.1. The fraction of sp³-hybridized carbons (Fsp3) is 0.143. The van der Waals surface area contributed by atoms with E-state index in [0.29, 0.717) is 4.88 Å². The third-order valence-electron chi connectivity index (χ3n) is 2.55. The third kappa shape index (κ3) is 4.11. The highest BCUT2D eigenvalue weighted by atomic mass is 32.1. The second-order valence-corrected chi connectivity index (χ2v) is 5.19. The highest BCUT2D eigenvalue weighted by Gasteiger charge is 2.11. The van der Waals surface area contributed by atoms with Crippen molar-refractivity contribution in [2.24, 2.45) is 0 Å². The summed E-state index contributed by atoms with van der Waals surface area (Å²) in [5.74, 6) is -1.17. The van der Waals surface area contributed by atoms with Crippen LogP contribution in [0.5, 0.6) is 0 Å². The molecule has 0 aliphatic rings. The van der Waals surface area contributed by atoms with E-state index in [1.165, 1.54) is 30.6 Å². The van der Waals surface area contributed by atoms with Crippen LogP contribution in [0, 0.1) is 5.82 Å². The zero-order valence-corrected chi connectivity index (χ0v) is 12.0. The number of hydrogen-bond donors (Lipinski definition) is 2. The van der Waals surface area contributed by atoms with E-state index in [1.54, 1.807) is 24.3 Å². The van der Waals surface area contributed by atoms with Crippen LogP contribution in [-0.2, 0) is 9.53 Å². The van der Waals surface area contributed by atoms with Gasteiger partial charge in [-0.2, -0.15) is 0 Å². The van der Waals surface area contributed by atoms with Gasteiger partial charge in [-0.15, -0.1) is 11.3 Å². The predicted molar refractivity (Wildman–Crippen MR) is 77.2 cm³/mol. The minimum atomic E-state index is -0.443. The largest absolute Gasteiger partial charge is 0.375 e. The lowest BCUT2D eigenvalue weighted by molar-refractivity contribution is -0.125. The Morgan fingerprint density at radius 3 is 2.52 bits per heavy atom. The van der Waals surface area contributed by atoms with Crippen molar-refractivity contribution in [1.29, 1.82) is 0 Å². The molecule has 2 amide bonds. The van der Waals surface area contributed by atoms with E-state index in [0.717, 1.165) is 10.4 Å². The Hall–Kier alpha value is -2.25. The molecule has 1 aromatic heterocycles. The Bertz CT molecular complexity index is 640. The van der Waals surface area contributed by atoms with Gasteiger partial charge in [0.2, 0.25) is 0 Å². The number of rotatable bonds is 4. The molecule has 7 heteroatoms. The fourth-order valence-corrected chi connectivity index (χ4v) is 2.49. The van der Waals surface area contributed by atoms with Crippen molar-refractivity contribution in [2.45, 2.75) is 0 Å². The Morgan fingerprint density at radius 1 is 1.14 bits per heavy atom. The van der Waals surface area contributed by atoms with Crippen molar-refractivity contribution >= 4 is 23.2 Å². The summed E-state index contributed by atoms with van der Waals surface area (Å²) in [5, 5.41) is 0. The SMILES string of the molecule is COCC(=O)NNC(=O)c1ccc(-c2ccc(F)cc2)s1. The van der Waals surface area contributed by atoms with Crippen LogP contribution in [0.25, 0.3) is 10.4 Å². The molecule has 0 unspecified atom stereocenters. The van der Waals surface area contributed by atoms with Crippen molar-refractivity contribution in [3.05, 3.63) is 47.1 Å². The number of benzene rings is 1.